The molecule has 29 heavy (non-hydrogen) atoms. The van der Waals surface area contributed by atoms with Gasteiger partial charge in [0, 0.05) is 24.4 Å². The number of amides is 2. The standard InChI is InChI=1S/C20H17FN4O2S2/c21-15-6-4-5-13(9-15)12-28-20-24-23-19(29-20)22-18(27)14-10-17(26)25(11-14)16-7-2-1-3-8-16/h1-9,14H,10-12H2,(H,22,23,27)/t14-/m0/s1. The Morgan fingerprint density at radius 2 is 2.03 bits per heavy atom. The van der Waals surface area contributed by atoms with Gasteiger partial charge in [0.15, 0.2) is 4.34 Å². The van der Waals surface area contributed by atoms with E-state index in [9.17, 15) is 14.0 Å². The largest absolute Gasteiger partial charge is 0.312 e. The van der Waals surface area contributed by atoms with Crippen LogP contribution in [0, 0.1) is 11.7 Å². The van der Waals surface area contributed by atoms with E-state index in [0.717, 1.165) is 11.3 Å². The van der Waals surface area contributed by atoms with Gasteiger partial charge in [-0.1, -0.05) is 53.4 Å². The van der Waals surface area contributed by atoms with Crippen molar-refractivity contribution in [3.8, 4) is 0 Å². The van der Waals surface area contributed by atoms with Crippen LogP contribution < -0.4 is 10.2 Å². The summed E-state index contributed by atoms with van der Waals surface area (Å²) in [5.41, 5.74) is 1.64. The fourth-order valence-corrected chi connectivity index (χ4v) is 4.74. The maximum absolute atomic E-state index is 13.2. The highest BCUT2D eigenvalue weighted by molar-refractivity contribution is 8.00. The maximum Gasteiger partial charge on any atom is 0.231 e. The third-order valence-corrected chi connectivity index (χ3v) is 6.49. The number of hydrogen-bond donors (Lipinski definition) is 1. The summed E-state index contributed by atoms with van der Waals surface area (Å²) in [7, 11) is 0. The molecular formula is C20H17FN4O2S2. The normalized spacial score (nSPS) is 16.2. The lowest BCUT2D eigenvalue weighted by Crippen LogP contribution is -2.28. The maximum atomic E-state index is 13.2. The van der Waals surface area contributed by atoms with Crippen molar-refractivity contribution in [1.29, 1.82) is 0 Å². The van der Waals surface area contributed by atoms with E-state index in [2.05, 4.69) is 15.5 Å². The molecule has 1 N–H and O–H groups in total. The number of benzene rings is 2. The monoisotopic (exact) mass is 428 g/mol. The van der Waals surface area contributed by atoms with Crippen molar-refractivity contribution in [3.63, 3.8) is 0 Å². The summed E-state index contributed by atoms with van der Waals surface area (Å²) < 4.78 is 13.9. The van der Waals surface area contributed by atoms with Gasteiger partial charge in [-0.2, -0.15) is 0 Å². The number of carbonyl (C=O) groups excluding carboxylic acids is 2. The molecule has 3 aromatic rings. The van der Waals surface area contributed by atoms with Gasteiger partial charge in [-0.05, 0) is 29.8 Å². The molecule has 1 atom stereocenters. The Labute approximate surface area is 175 Å². The molecule has 2 aromatic carbocycles. The number of carbonyl (C=O) groups is 2. The number of rotatable bonds is 6. The summed E-state index contributed by atoms with van der Waals surface area (Å²) in [6.07, 6.45) is 0.167. The van der Waals surface area contributed by atoms with Gasteiger partial charge >= 0.3 is 0 Å². The van der Waals surface area contributed by atoms with Crippen LogP contribution in [0.2, 0.25) is 0 Å². The highest BCUT2D eigenvalue weighted by Gasteiger charge is 2.35. The zero-order chi connectivity index (χ0) is 20.2. The van der Waals surface area contributed by atoms with Crippen LogP contribution in [0.25, 0.3) is 0 Å². The van der Waals surface area contributed by atoms with Crippen molar-refractivity contribution in [2.75, 3.05) is 16.8 Å². The van der Waals surface area contributed by atoms with Crippen LogP contribution in [0.4, 0.5) is 15.2 Å². The lowest BCUT2D eigenvalue weighted by Gasteiger charge is -2.16. The molecule has 2 heterocycles. The fraction of sp³-hybridized carbons (Fsp3) is 0.200. The lowest BCUT2D eigenvalue weighted by molar-refractivity contribution is -0.122. The van der Waals surface area contributed by atoms with Crippen molar-refractivity contribution >= 4 is 45.7 Å². The van der Waals surface area contributed by atoms with Gasteiger partial charge in [0.2, 0.25) is 16.9 Å². The van der Waals surface area contributed by atoms with Crippen LogP contribution in [0.15, 0.2) is 58.9 Å². The van der Waals surface area contributed by atoms with E-state index >= 15 is 0 Å². The quantitative estimate of drug-likeness (QED) is 0.475. The first-order valence-corrected chi connectivity index (χ1v) is 10.8. The molecule has 0 unspecified atom stereocenters. The minimum Gasteiger partial charge on any atom is -0.312 e. The van der Waals surface area contributed by atoms with E-state index in [1.807, 2.05) is 36.4 Å². The third-order valence-electron chi connectivity index (χ3n) is 4.45. The van der Waals surface area contributed by atoms with Gasteiger partial charge in [-0.15, -0.1) is 10.2 Å². The Morgan fingerprint density at radius 1 is 1.21 bits per heavy atom. The summed E-state index contributed by atoms with van der Waals surface area (Å²) in [4.78, 5) is 26.5. The molecule has 1 aliphatic rings. The molecule has 4 rings (SSSR count). The number of aromatic nitrogens is 2. The van der Waals surface area contributed by atoms with Crippen molar-refractivity contribution in [2.45, 2.75) is 16.5 Å². The van der Waals surface area contributed by atoms with Crippen LogP contribution in [0.1, 0.15) is 12.0 Å². The average molecular weight is 429 g/mol. The average Bonchev–Trinajstić information content (AvgIpc) is 3.33. The number of anilines is 2. The number of nitrogens with one attached hydrogen (secondary N) is 1. The Morgan fingerprint density at radius 3 is 2.83 bits per heavy atom. The van der Waals surface area contributed by atoms with E-state index < -0.39 is 5.92 Å². The molecule has 0 bridgehead atoms. The Bertz CT molecular complexity index is 1030. The zero-order valence-electron chi connectivity index (χ0n) is 15.2. The molecule has 2 amide bonds. The number of halogens is 1. The number of nitrogens with zero attached hydrogens (tertiary/aromatic N) is 3. The van der Waals surface area contributed by atoms with Gasteiger partial charge in [0.1, 0.15) is 5.82 Å². The van der Waals surface area contributed by atoms with Crippen LogP contribution in [-0.4, -0.2) is 28.6 Å². The first-order chi connectivity index (χ1) is 14.1. The van der Waals surface area contributed by atoms with Crippen LogP contribution in [-0.2, 0) is 15.3 Å². The molecule has 0 radical (unpaired) electrons. The second-order valence-corrected chi connectivity index (χ2v) is 8.72. The molecule has 0 spiro atoms. The highest BCUT2D eigenvalue weighted by Crippen LogP contribution is 2.30. The fourth-order valence-electron chi connectivity index (χ4n) is 3.04. The molecular weight excluding hydrogens is 411 g/mol. The van der Waals surface area contributed by atoms with E-state index in [1.54, 1.807) is 11.0 Å². The highest BCUT2D eigenvalue weighted by atomic mass is 32.2. The topological polar surface area (TPSA) is 75.2 Å². The predicted molar refractivity (Wildman–Crippen MR) is 111 cm³/mol. The van der Waals surface area contributed by atoms with Gasteiger partial charge in [0.25, 0.3) is 0 Å². The van der Waals surface area contributed by atoms with E-state index in [0.29, 0.717) is 21.8 Å². The molecule has 0 saturated carbocycles. The summed E-state index contributed by atoms with van der Waals surface area (Å²) in [5.74, 6) is -0.461. The van der Waals surface area contributed by atoms with Crippen molar-refractivity contribution in [3.05, 3.63) is 66.0 Å². The molecule has 1 aliphatic heterocycles. The Kier molecular flexibility index (Phi) is 5.86. The predicted octanol–water partition coefficient (Wildman–Crippen LogP) is 3.96. The first kappa shape index (κ1) is 19.5. The van der Waals surface area contributed by atoms with Crippen molar-refractivity contribution in [2.24, 2.45) is 5.92 Å². The van der Waals surface area contributed by atoms with E-state index in [4.69, 9.17) is 0 Å². The lowest BCUT2D eigenvalue weighted by atomic mass is 10.1. The molecule has 0 aliphatic carbocycles. The van der Waals surface area contributed by atoms with Gasteiger partial charge < -0.3 is 10.2 Å². The van der Waals surface area contributed by atoms with Crippen molar-refractivity contribution in [1.82, 2.24) is 10.2 Å². The zero-order valence-corrected chi connectivity index (χ0v) is 16.9. The SMILES string of the molecule is O=C(Nc1nnc(SCc2cccc(F)c2)s1)[C@H]1CC(=O)N(c2ccccc2)C1. The van der Waals surface area contributed by atoms with Crippen LogP contribution >= 0.6 is 23.1 Å². The second-order valence-electron chi connectivity index (χ2n) is 6.52. The summed E-state index contributed by atoms with van der Waals surface area (Å²) in [5, 5.41) is 11.2. The van der Waals surface area contributed by atoms with Crippen LogP contribution in [0.3, 0.4) is 0 Å². The molecule has 1 aromatic heterocycles. The summed E-state index contributed by atoms with van der Waals surface area (Å²) in [6.45, 7) is 0.342. The number of para-hydroxylation sites is 1. The van der Waals surface area contributed by atoms with Crippen LogP contribution in [0.5, 0.6) is 0 Å². The minimum absolute atomic E-state index is 0.0695. The van der Waals surface area contributed by atoms with E-state index in [1.165, 1.54) is 35.2 Å². The van der Waals surface area contributed by atoms with Gasteiger partial charge in [-0.3, -0.25) is 9.59 Å². The Hall–Kier alpha value is -2.78. The second kappa shape index (κ2) is 8.71. The first-order valence-electron chi connectivity index (χ1n) is 8.95. The Balaban J connectivity index is 1.33. The molecule has 148 valence electrons. The molecule has 1 fully saturated rings. The van der Waals surface area contributed by atoms with Gasteiger partial charge in [0.05, 0.1) is 5.92 Å². The summed E-state index contributed by atoms with van der Waals surface area (Å²) >= 11 is 2.68. The smallest absolute Gasteiger partial charge is 0.231 e. The molecule has 1 saturated heterocycles. The molecule has 6 nitrogen and oxygen atoms in total. The van der Waals surface area contributed by atoms with Crippen molar-refractivity contribution < 1.29 is 14.0 Å². The summed E-state index contributed by atoms with van der Waals surface area (Å²) in [6, 6.07) is 15.7. The third kappa shape index (κ3) is 4.80. The molecule has 9 heteroatoms. The van der Waals surface area contributed by atoms with E-state index in [-0.39, 0.29) is 24.1 Å². The number of thioether (sulfide) groups is 1. The number of hydrogen-bond acceptors (Lipinski definition) is 6. The van der Waals surface area contributed by atoms with Gasteiger partial charge in [-0.25, -0.2) is 4.39 Å². The minimum atomic E-state index is -0.435.